The second-order valence-corrected chi connectivity index (χ2v) is 8.51. The highest BCUT2D eigenvalue weighted by molar-refractivity contribution is 6.30. The molecule has 0 spiro atoms. The molecule has 6 nitrogen and oxygen atoms in total. The normalized spacial score (nSPS) is 16.9. The highest BCUT2D eigenvalue weighted by Crippen LogP contribution is 2.38. The predicted octanol–water partition coefficient (Wildman–Crippen LogP) is 4.72. The van der Waals surface area contributed by atoms with Gasteiger partial charge in [-0.3, -0.25) is 9.58 Å². The minimum Gasteiger partial charge on any atom is -0.347 e. The third kappa shape index (κ3) is 4.07. The van der Waals surface area contributed by atoms with E-state index in [1.807, 2.05) is 49.6 Å². The molecule has 1 aromatic carbocycles. The van der Waals surface area contributed by atoms with E-state index in [1.165, 1.54) is 11.3 Å². The van der Waals surface area contributed by atoms with Gasteiger partial charge in [0.1, 0.15) is 0 Å². The Balaban J connectivity index is 1.73. The van der Waals surface area contributed by atoms with Crippen molar-refractivity contribution in [1.29, 1.82) is 0 Å². The molecule has 4 rings (SSSR count). The molecule has 3 aromatic rings. The highest BCUT2D eigenvalue weighted by atomic mass is 35.5. The minimum atomic E-state index is 0.241. The number of likely N-dealkylation sites (tertiary alicyclic amines) is 1. The van der Waals surface area contributed by atoms with Gasteiger partial charge in [-0.15, -0.1) is 0 Å². The number of hydrogen-bond donors (Lipinski definition) is 0. The molecule has 0 saturated carbocycles. The number of rotatable bonds is 6. The topological polar surface area (TPSA) is 50.1 Å². The lowest BCUT2D eigenvalue weighted by atomic mass is 9.99. The first-order chi connectivity index (χ1) is 14.5. The number of aromatic nitrogens is 4. The monoisotopic (exact) mass is 424 g/mol. The van der Waals surface area contributed by atoms with Crippen molar-refractivity contribution in [3.63, 3.8) is 0 Å². The highest BCUT2D eigenvalue weighted by Gasteiger charge is 2.31. The third-order valence-corrected chi connectivity index (χ3v) is 6.13. The van der Waals surface area contributed by atoms with Gasteiger partial charge >= 0.3 is 0 Å². The zero-order valence-electron chi connectivity index (χ0n) is 18.1. The number of aryl methyl sites for hydroxylation is 1. The molecule has 0 aliphatic carbocycles. The van der Waals surface area contributed by atoms with E-state index in [0.29, 0.717) is 0 Å². The van der Waals surface area contributed by atoms with Crippen molar-refractivity contribution in [2.75, 3.05) is 25.5 Å². The molecule has 1 saturated heterocycles. The Hall–Kier alpha value is -2.44. The summed E-state index contributed by atoms with van der Waals surface area (Å²) in [5, 5.41) is 5.25. The summed E-state index contributed by atoms with van der Waals surface area (Å²) in [4.78, 5) is 14.1. The fourth-order valence-corrected chi connectivity index (χ4v) is 4.43. The van der Waals surface area contributed by atoms with Gasteiger partial charge < -0.3 is 4.90 Å². The lowest BCUT2D eigenvalue weighted by Crippen LogP contribution is -2.25. The van der Waals surface area contributed by atoms with Crippen LogP contribution in [0.4, 0.5) is 5.95 Å². The smallest absolute Gasteiger partial charge is 0.225 e. The van der Waals surface area contributed by atoms with Crippen LogP contribution in [0.1, 0.15) is 42.8 Å². The van der Waals surface area contributed by atoms with Gasteiger partial charge in [0.05, 0.1) is 17.9 Å². The number of hydrogen-bond acceptors (Lipinski definition) is 5. The standard InChI is InChI=1S/C23H29ClN6/c1-5-30-16(2)18(13-26-30)15-29-11-7-10-21(29)22-20(14-25-23(27-22)28(3)4)17-8-6-9-19(24)12-17/h6,8-9,12-14,21H,5,7,10-11,15H2,1-4H3/t21-/m0/s1. The van der Waals surface area contributed by atoms with Gasteiger partial charge in [-0.05, 0) is 50.9 Å². The quantitative estimate of drug-likeness (QED) is 0.572. The van der Waals surface area contributed by atoms with Crippen LogP contribution in [0.2, 0.25) is 5.02 Å². The van der Waals surface area contributed by atoms with Crippen LogP contribution in [0.3, 0.4) is 0 Å². The first-order valence-electron chi connectivity index (χ1n) is 10.5. The molecular weight excluding hydrogens is 396 g/mol. The van der Waals surface area contributed by atoms with Crippen molar-refractivity contribution in [1.82, 2.24) is 24.6 Å². The van der Waals surface area contributed by atoms with Gasteiger partial charge in [0.15, 0.2) is 0 Å². The Labute approximate surface area is 183 Å². The van der Waals surface area contributed by atoms with E-state index in [1.54, 1.807) is 0 Å². The van der Waals surface area contributed by atoms with Crippen LogP contribution in [0.25, 0.3) is 11.1 Å². The zero-order valence-corrected chi connectivity index (χ0v) is 18.9. The molecule has 7 heteroatoms. The summed E-state index contributed by atoms with van der Waals surface area (Å²) in [6.07, 6.45) is 6.19. The third-order valence-electron chi connectivity index (χ3n) is 5.90. The van der Waals surface area contributed by atoms with Gasteiger partial charge in [0.2, 0.25) is 5.95 Å². The Morgan fingerprint density at radius 3 is 2.77 bits per heavy atom. The predicted molar refractivity (Wildman–Crippen MR) is 122 cm³/mol. The van der Waals surface area contributed by atoms with Gasteiger partial charge in [-0.25, -0.2) is 9.97 Å². The van der Waals surface area contributed by atoms with Crippen molar-refractivity contribution in [2.24, 2.45) is 0 Å². The maximum Gasteiger partial charge on any atom is 0.225 e. The molecule has 1 atom stereocenters. The molecule has 0 bridgehead atoms. The number of anilines is 1. The Bertz CT molecular complexity index is 1030. The van der Waals surface area contributed by atoms with Gasteiger partial charge in [0, 0.05) is 55.2 Å². The average Bonchev–Trinajstić information content (AvgIpc) is 3.34. The maximum atomic E-state index is 6.29. The number of benzene rings is 1. The largest absolute Gasteiger partial charge is 0.347 e. The van der Waals surface area contributed by atoms with Crippen LogP contribution in [0.5, 0.6) is 0 Å². The van der Waals surface area contributed by atoms with Crippen molar-refractivity contribution in [3.8, 4) is 11.1 Å². The first-order valence-corrected chi connectivity index (χ1v) is 10.9. The lowest BCUT2D eigenvalue weighted by Gasteiger charge is -2.26. The van der Waals surface area contributed by atoms with Crippen molar-refractivity contribution < 1.29 is 0 Å². The molecule has 158 valence electrons. The second kappa shape index (κ2) is 8.74. The molecule has 30 heavy (non-hydrogen) atoms. The molecule has 3 heterocycles. The van der Waals surface area contributed by atoms with E-state index in [4.69, 9.17) is 16.6 Å². The van der Waals surface area contributed by atoms with E-state index in [-0.39, 0.29) is 6.04 Å². The fraction of sp³-hybridized carbons (Fsp3) is 0.435. The Morgan fingerprint density at radius 2 is 2.07 bits per heavy atom. The van der Waals surface area contributed by atoms with Crippen molar-refractivity contribution in [2.45, 2.75) is 45.8 Å². The van der Waals surface area contributed by atoms with Crippen LogP contribution in [0, 0.1) is 6.92 Å². The molecule has 1 fully saturated rings. The summed E-state index contributed by atoms with van der Waals surface area (Å²) in [7, 11) is 3.96. The summed E-state index contributed by atoms with van der Waals surface area (Å²) >= 11 is 6.29. The number of nitrogens with zero attached hydrogens (tertiary/aromatic N) is 6. The van der Waals surface area contributed by atoms with E-state index in [0.717, 1.165) is 60.3 Å². The molecule has 0 unspecified atom stereocenters. The van der Waals surface area contributed by atoms with Gasteiger partial charge in [-0.1, -0.05) is 23.7 Å². The van der Waals surface area contributed by atoms with E-state index in [2.05, 4.69) is 39.6 Å². The fourth-order valence-electron chi connectivity index (χ4n) is 4.24. The van der Waals surface area contributed by atoms with Crippen LogP contribution in [-0.2, 0) is 13.1 Å². The van der Waals surface area contributed by atoms with Gasteiger partial charge in [0.25, 0.3) is 0 Å². The van der Waals surface area contributed by atoms with Crippen molar-refractivity contribution in [3.05, 3.63) is 58.6 Å². The van der Waals surface area contributed by atoms with Crippen LogP contribution < -0.4 is 4.90 Å². The van der Waals surface area contributed by atoms with E-state index >= 15 is 0 Å². The van der Waals surface area contributed by atoms with E-state index in [9.17, 15) is 0 Å². The van der Waals surface area contributed by atoms with Gasteiger partial charge in [-0.2, -0.15) is 5.10 Å². The zero-order chi connectivity index (χ0) is 21.3. The molecule has 2 aromatic heterocycles. The first kappa shape index (κ1) is 20.8. The molecule has 0 amide bonds. The average molecular weight is 425 g/mol. The van der Waals surface area contributed by atoms with E-state index < -0.39 is 0 Å². The lowest BCUT2D eigenvalue weighted by molar-refractivity contribution is 0.244. The second-order valence-electron chi connectivity index (χ2n) is 8.07. The Morgan fingerprint density at radius 1 is 1.23 bits per heavy atom. The van der Waals surface area contributed by atoms with Crippen molar-refractivity contribution >= 4 is 17.5 Å². The summed E-state index contributed by atoms with van der Waals surface area (Å²) in [5.41, 5.74) is 5.73. The SMILES string of the molecule is CCn1ncc(CN2CCC[C@H]2c2nc(N(C)C)ncc2-c2cccc(Cl)c2)c1C. The summed E-state index contributed by atoms with van der Waals surface area (Å²) in [6.45, 7) is 7.11. The van der Waals surface area contributed by atoms with Crippen LogP contribution in [0.15, 0.2) is 36.7 Å². The molecular formula is C23H29ClN6. The maximum absolute atomic E-state index is 6.29. The minimum absolute atomic E-state index is 0.241. The Kier molecular flexibility index (Phi) is 6.06. The summed E-state index contributed by atoms with van der Waals surface area (Å²) < 4.78 is 2.06. The molecule has 1 aliphatic heterocycles. The number of halogens is 1. The van der Waals surface area contributed by atoms with Crippen LogP contribution in [-0.4, -0.2) is 45.3 Å². The molecule has 0 N–H and O–H groups in total. The van der Waals surface area contributed by atoms with Crippen LogP contribution >= 0.6 is 11.6 Å². The summed E-state index contributed by atoms with van der Waals surface area (Å²) in [6, 6.07) is 8.20. The molecule has 0 radical (unpaired) electrons. The molecule has 1 aliphatic rings. The summed E-state index contributed by atoms with van der Waals surface area (Å²) in [5.74, 6) is 0.734.